The summed E-state index contributed by atoms with van der Waals surface area (Å²) in [7, 11) is 0. The number of ether oxygens (including phenoxy) is 2. The van der Waals surface area contributed by atoms with E-state index < -0.39 is 0 Å². The largest absolute Gasteiger partial charge is 0.486 e. The van der Waals surface area contributed by atoms with Gasteiger partial charge in [-0.3, -0.25) is 9.69 Å². The number of carbonyl (C=O) groups is 2. The molecule has 7 heteroatoms. The van der Waals surface area contributed by atoms with E-state index in [9.17, 15) is 9.59 Å². The van der Waals surface area contributed by atoms with Crippen molar-refractivity contribution < 1.29 is 19.1 Å². The van der Waals surface area contributed by atoms with Gasteiger partial charge in [0, 0.05) is 32.2 Å². The monoisotopic (exact) mass is 431 g/mol. The molecule has 2 heterocycles. The molecule has 1 aromatic carbocycles. The molecule has 1 atom stereocenters. The molecule has 0 aliphatic carbocycles. The quantitative estimate of drug-likeness (QED) is 0.668. The van der Waals surface area contributed by atoms with Crippen LogP contribution in [0.4, 0.5) is 10.5 Å². The summed E-state index contributed by atoms with van der Waals surface area (Å²) in [5, 5.41) is 3.02. The van der Waals surface area contributed by atoms with Gasteiger partial charge in [-0.1, -0.05) is 13.0 Å². The Bertz CT molecular complexity index is 759. The highest BCUT2D eigenvalue weighted by molar-refractivity contribution is 5.94. The second-order valence-corrected chi connectivity index (χ2v) is 8.84. The molecule has 0 radical (unpaired) electrons. The Balaban J connectivity index is 1.52. The Labute approximate surface area is 186 Å². The second-order valence-electron chi connectivity index (χ2n) is 8.84. The highest BCUT2D eigenvalue weighted by atomic mass is 16.5. The molecule has 172 valence electrons. The maximum Gasteiger partial charge on any atom is 0.324 e. The minimum atomic E-state index is -0.0299. The van der Waals surface area contributed by atoms with Gasteiger partial charge in [-0.25, -0.2) is 4.79 Å². The van der Waals surface area contributed by atoms with Gasteiger partial charge in [-0.2, -0.15) is 0 Å². The van der Waals surface area contributed by atoms with E-state index in [4.69, 9.17) is 9.47 Å². The number of aryl methyl sites for hydroxylation is 1. The van der Waals surface area contributed by atoms with Crippen molar-refractivity contribution in [3.8, 4) is 5.75 Å². The van der Waals surface area contributed by atoms with Gasteiger partial charge < -0.3 is 19.7 Å². The predicted molar refractivity (Wildman–Crippen MR) is 122 cm³/mol. The number of hydrogen-bond donors (Lipinski definition) is 1. The number of likely N-dealkylation sites (tertiary alicyclic amines) is 1. The second kappa shape index (κ2) is 10.8. The van der Waals surface area contributed by atoms with E-state index in [0.717, 1.165) is 29.8 Å². The molecule has 0 saturated carbocycles. The summed E-state index contributed by atoms with van der Waals surface area (Å²) in [5.41, 5.74) is 1.95. The number of anilines is 1. The third-order valence-electron chi connectivity index (χ3n) is 5.98. The number of hydrogen-bond acceptors (Lipinski definition) is 4. The van der Waals surface area contributed by atoms with Crippen molar-refractivity contribution in [3.05, 3.63) is 23.8 Å². The lowest BCUT2D eigenvalue weighted by Gasteiger charge is -2.39. The smallest absolute Gasteiger partial charge is 0.324 e. The van der Waals surface area contributed by atoms with Gasteiger partial charge in [0.1, 0.15) is 11.9 Å². The standard InChI is InChI=1S/C24H37N3O4/c1-5-20-16-27(21-15-18(4)7-8-22(21)31-20)24(29)26-12-9-19(10-13-26)23(28)25-11-6-14-30-17(2)3/h7-8,15,17,19-20H,5-6,9-14,16H2,1-4H3,(H,25,28). The molecule has 0 aromatic heterocycles. The van der Waals surface area contributed by atoms with Crippen LogP contribution < -0.4 is 15.0 Å². The molecule has 1 unspecified atom stereocenters. The summed E-state index contributed by atoms with van der Waals surface area (Å²) in [6, 6.07) is 5.99. The molecule has 31 heavy (non-hydrogen) atoms. The van der Waals surface area contributed by atoms with Crippen molar-refractivity contribution >= 4 is 17.6 Å². The molecule has 3 rings (SSSR count). The molecular formula is C24H37N3O4. The lowest BCUT2D eigenvalue weighted by atomic mass is 9.96. The Morgan fingerprint density at radius 1 is 1.26 bits per heavy atom. The minimum absolute atomic E-state index is 0.00199. The van der Waals surface area contributed by atoms with E-state index in [0.29, 0.717) is 45.6 Å². The summed E-state index contributed by atoms with van der Waals surface area (Å²) in [6.07, 6.45) is 3.27. The minimum Gasteiger partial charge on any atom is -0.486 e. The number of nitrogens with zero attached hydrogens (tertiary/aromatic N) is 2. The average Bonchev–Trinajstić information content (AvgIpc) is 2.77. The summed E-state index contributed by atoms with van der Waals surface area (Å²) >= 11 is 0. The molecule has 1 aromatic rings. The zero-order chi connectivity index (χ0) is 22.4. The Morgan fingerprint density at radius 3 is 2.68 bits per heavy atom. The van der Waals surface area contributed by atoms with Crippen molar-refractivity contribution in [2.24, 2.45) is 5.92 Å². The number of nitrogens with one attached hydrogen (secondary N) is 1. The van der Waals surface area contributed by atoms with Crippen LogP contribution in [-0.4, -0.2) is 61.8 Å². The Hall–Kier alpha value is -2.28. The van der Waals surface area contributed by atoms with Crippen molar-refractivity contribution in [3.63, 3.8) is 0 Å². The van der Waals surface area contributed by atoms with Crippen molar-refractivity contribution in [2.45, 2.75) is 65.6 Å². The Morgan fingerprint density at radius 2 is 2.00 bits per heavy atom. The molecule has 0 spiro atoms. The predicted octanol–water partition coefficient (Wildman–Crippen LogP) is 3.74. The number of benzene rings is 1. The van der Waals surface area contributed by atoms with Crippen LogP contribution in [0.1, 0.15) is 52.0 Å². The van der Waals surface area contributed by atoms with E-state index in [-0.39, 0.29) is 30.1 Å². The molecule has 0 bridgehead atoms. The highest BCUT2D eigenvalue weighted by Crippen LogP contribution is 2.36. The number of piperidine rings is 1. The van der Waals surface area contributed by atoms with Crippen LogP contribution in [0.5, 0.6) is 5.75 Å². The number of fused-ring (bicyclic) bond motifs is 1. The molecule has 2 aliphatic heterocycles. The van der Waals surface area contributed by atoms with Crippen molar-refractivity contribution in [2.75, 3.05) is 37.7 Å². The molecule has 1 fully saturated rings. The topological polar surface area (TPSA) is 71.1 Å². The number of rotatable bonds is 7. The van der Waals surface area contributed by atoms with E-state index in [1.54, 1.807) is 0 Å². The van der Waals surface area contributed by atoms with Crippen LogP contribution in [-0.2, 0) is 9.53 Å². The average molecular weight is 432 g/mol. The van der Waals surface area contributed by atoms with Crippen LogP contribution in [0.3, 0.4) is 0 Å². The zero-order valence-corrected chi connectivity index (χ0v) is 19.4. The Kier molecular flexibility index (Phi) is 8.18. The van der Waals surface area contributed by atoms with E-state index in [1.165, 1.54) is 0 Å². The van der Waals surface area contributed by atoms with Gasteiger partial charge in [-0.15, -0.1) is 0 Å². The molecule has 1 N–H and O–H groups in total. The summed E-state index contributed by atoms with van der Waals surface area (Å²) in [6.45, 7) is 11.2. The first kappa shape index (κ1) is 23.4. The van der Waals surface area contributed by atoms with Gasteiger partial charge in [0.05, 0.1) is 18.3 Å². The first-order chi connectivity index (χ1) is 14.9. The summed E-state index contributed by atoms with van der Waals surface area (Å²) in [5.74, 6) is 0.834. The SMILES string of the molecule is CCC1CN(C(=O)N2CCC(C(=O)NCCCOC(C)C)CC2)c2cc(C)ccc2O1. The van der Waals surface area contributed by atoms with E-state index in [1.807, 2.05) is 48.8 Å². The lowest BCUT2D eigenvalue weighted by Crippen LogP contribution is -2.52. The van der Waals surface area contributed by atoms with E-state index in [2.05, 4.69) is 12.2 Å². The normalized spacial score (nSPS) is 19.2. The van der Waals surface area contributed by atoms with Crippen LogP contribution >= 0.6 is 0 Å². The first-order valence-electron chi connectivity index (χ1n) is 11.6. The van der Waals surface area contributed by atoms with Gasteiger partial charge in [0.15, 0.2) is 0 Å². The molecule has 1 saturated heterocycles. The number of urea groups is 1. The van der Waals surface area contributed by atoms with Crippen molar-refractivity contribution in [1.29, 1.82) is 0 Å². The third kappa shape index (κ3) is 6.12. The van der Waals surface area contributed by atoms with Gasteiger partial charge in [-0.05, 0) is 64.2 Å². The number of carbonyl (C=O) groups excluding carboxylic acids is 2. The van der Waals surface area contributed by atoms with Crippen LogP contribution in [0.2, 0.25) is 0 Å². The van der Waals surface area contributed by atoms with E-state index >= 15 is 0 Å². The molecule has 7 nitrogen and oxygen atoms in total. The van der Waals surface area contributed by atoms with Crippen LogP contribution in [0.15, 0.2) is 18.2 Å². The van der Waals surface area contributed by atoms with Gasteiger partial charge >= 0.3 is 6.03 Å². The number of amides is 3. The summed E-state index contributed by atoms with van der Waals surface area (Å²) in [4.78, 5) is 29.6. The molecule has 2 aliphatic rings. The molecular weight excluding hydrogens is 394 g/mol. The molecule has 3 amide bonds. The fourth-order valence-electron chi connectivity index (χ4n) is 4.10. The lowest BCUT2D eigenvalue weighted by molar-refractivity contribution is -0.126. The third-order valence-corrected chi connectivity index (χ3v) is 5.98. The van der Waals surface area contributed by atoms with Crippen molar-refractivity contribution in [1.82, 2.24) is 10.2 Å². The van der Waals surface area contributed by atoms with Crippen LogP contribution in [0.25, 0.3) is 0 Å². The maximum atomic E-state index is 13.3. The van der Waals surface area contributed by atoms with Gasteiger partial charge in [0.25, 0.3) is 0 Å². The van der Waals surface area contributed by atoms with Crippen LogP contribution in [0, 0.1) is 12.8 Å². The maximum absolute atomic E-state index is 13.3. The zero-order valence-electron chi connectivity index (χ0n) is 19.4. The summed E-state index contributed by atoms with van der Waals surface area (Å²) < 4.78 is 11.6. The van der Waals surface area contributed by atoms with Gasteiger partial charge in [0.2, 0.25) is 5.91 Å². The first-order valence-corrected chi connectivity index (χ1v) is 11.6. The fraction of sp³-hybridized carbons (Fsp3) is 0.667. The highest BCUT2D eigenvalue weighted by Gasteiger charge is 2.34. The fourth-order valence-corrected chi connectivity index (χ4v) is 4.10.